The van der Waals surface area contributed by atoms with Crippen molar-refractivity contribution in [3.05, 3.63) is 29.3 Å². The third-order valence-corrected chi connectivity index (χ3v) is 3.65. The fraction of sp³-hybridized carbons (Fsp3) is 0.571. The Bertz CT molecular complexity index is 461. The lowest BCUT2D eigenvalue weighted by Gasteiger charge is -2.39. The molecule has 5 atom stereocenters. The summed E-state index contributed by atoms with van der Waals surface area (Å²) in [6.07, 6.45) is -6.33. The van der Waals surface area contributed by atoms with Crippen LogP contribution in [0.15, 0.2) is 18.2 Å². The molecule has 0 aromatic heterocycles. The molecule has 0 unspecified atom stereocenters. The van der Waals surface area contributed by atoms with Crippen LogP contribution in [0.5, 0.6) is 5.75 Å². The number of aliphatic hydroxyl groups is 4. The Hall–Kier alpha value is -1.18. The van der Waals surface area contributed by atoms with Gasteiger partial charge in [0.25, 0.3) is 0 Å². The SMILES string of the molecule is Cc1cccc(O[C@@H]2O[C@H](CO)[C@@H](O)[C@H](O)[C@H]2O)c1C. The van der Waals surface area contributed by atoms with Crippen LogP contribution in [0.1, 0.15) is 11.1 Å². The quantitative estimate of drug-likeness (QED) is 0.596. The Morgan fingerprint density at radius 3 is 2.45 bits per heavy atom. The minimum atomic E-state index is -1.43. The average molecular weight is 284 g/mol. The second-order valence-corrected chi connectivity index (χ2v) is 5.01. The summed E-state index contributed by atoms with van der Waals surface area (Å²) in [5.41, 5.74) is 1.91. The lowest BCUT2D eigenvalue weighted by molar-refractivity contribution is -0.277. The molecule has 0 radical (unpaired) electrons. The van der Waals surface area contributed by atoms with Crippen LogP contribution in [0.3, 0.4) is 0 Å². The summed E-state index contributed by atoms with van der Waals surface area (Å²) in [5, 5.41) is 38.4. The number of benzene rings is 1. The summed E-state index contributed by atoms with van der Waals surface area (Å²) in [6, 6.07) is 5.46. The second kappa shape index (κ2) is 6.07. The van der Waals surface area contributed by atoms with Crippen molar-refractivity contribution in [2.75, 3.05) is 6.61 Å². The zero-order valence-electron chi connectivity index (χ0n) is 11.4. The van der Waals surface area contributed by atoms with Gasteiger partial charge in [0.1, 0.15) is 30.2 Å². The summed E-state index contributed by atoms with van der Waals surface area (Å²) in [4.78, 5) is 0. The monoisotopic (exact) mass is 284 g/mol. The Kier molecular flexibility index (Phi) is 4.62. The highest BCUT2D eigenvalue weighted by Gasteiger charge is 2.44. The number of aryl methyl sites for hydroxylation is 1. The van der Waals surface area contributed by atoms with E-state index in [9.17, 15) is 15.3 Å². The van der Waals surface area contributed by atoms with Gasteiger partial charge in [0.2, 0.25) is 6.29 Å². The third-order valence-electron chi connectivity index (χ3n) is 3.65. The van der Waals surface area contributed by atoms with Crippen LogP contribution in [-0.2, 0) is 4.74 Å². The van der Waals surface area contributed by atoms with E-state index in [0.717, 1.165) is 11.1 Å². The minimum absolute atomic E-state index is 0.475. The number of aliphatic hydroxyl groups excluding tert-OH is 4. The Balaban J connectivity index is 2.17. The maximum Gasteiger partial charge on any atom is 0.229 e. The first kappa shape index (κ1) is 15.2. The molecule has 1 aromatic carbocycles. The van der Waals surface area contributed by atoms with E-state index in [1.807, 2.05) is 26.0 Å². The summed E-state index contributed by atoms with van der Waals surface area (Å²) in [5.74, 6) is 0.523. The van der Waals surface area contributed by atoms with Gasteiger partial charge in [-0.15, -0.1) is 0 Å². The van der Waals surface area contributed by atoms with Crippen molar-refractivity contribution in [3.8, 4) is 5.75 Å². The Morgan fingerprint density at radius 1 is 1.10 bits per heavy atom. The molecule has 112 valence electrons. The van der Waals surface area contributed by atoms with Crippen LogP contribution in [0, 0.1) is 13.8 Å². The van der Waals surface area contributed by atoms with Crippen molar-refractivity contribution >= 4 is 0 Å². The van der Waals surface area contributed by atoms with Crippen LogP contribution in [0.2, 0.25) is 0 Å². The lowest BCUT2D eigenvalue weighted by Crippen LogP contribution is -2.60. The molecule has 6 heteroatoms. The van der Waals surface area contributed by atoms with Crippen molar-refractivity contribution in [2.45, 2.75) is 44.6 Å². The fourth-order valence-electron chi connectivity index (χ4n) is 2.14. The zero-order valence-corrected chi connectivity index (χ0v) is 11.4. The standard InChI is InChI=1S/C14H20O6/c1-7-4-3-5-9(8(7)2)19-14-13(18)12(17)11(16)10(6-15)20-14/h3-5,10-18H,6H2,1-2H3/t10-,11-,12+,13-,14-/m1/s1. The van der Waals surface area contributed by atoms with Crippen LogP contribution >= 0.6 is 0 Å². The Labute approximate surface area is 117 Å². The van der Waals surface area contributed by atoms with Crippen molar-refractivity contribution in [1.82, 2.24) is 0 Å². The van der Waals surface area contributed by atoms with Gasteiger partial charge in [0.05, 0.1) is 6.61 Å². The molecule has 0 aliphatic carbocycles. The van der Waals surface area contributed by atoms with Gasteiger partial charge >= 0.3 is 0 Å². The highest BCUT2D eigenvalue weighted by molar-refractivity contribution is 5.38. The molecule has 1 aliphatic rings. The van der Waals surface area contributed by atoms with Gasteiger partial charge in [0.15, 0.2) is 0 Å². The minimum Gasteiger partial charge on any atom is -0.462 e. The highest BCUT2D eigenvalue weighted by atomic mass is 16.7. The van der Waals surface area contributed by atoms with E-state index in [0.29, 0.717) is 5.75 Å². The van der Waals surface area contributed by atoms with Crippen LogP contribution < -0.4 is 4.74 Å². The summed E-state index contributed by atoms with van der Waals surface area (Å²) >= 11 is 0. The maximum absolute atomic E-state index is 9.90. The van der Waals surface area contributed by atoms with Gasteiger partial charge in [-0.05, 0) is 31.0 Å². The molecule has 1 aromatic rings. The molecule has 1 saturated heterocycles. The van der Waals surface area contributed by atoms with E-state index in [2.05, 4.69) is 0 Å². The molecular formula is C14H20O6. The van der Waals surface area contributed by atoms with E-state index in [1.165, 1.54) is 0 Å². The van der Waals surface area contributed by atoms with Crippen LogP contribution in [0.4, 0.5) is 0 Å². The summed E-state index contributed by atoms with van der Waals surface area (Å²) < 4.78 is 10.9. The van der Waals surface area contributed by atoms with Crippen molar-refractivity contribution < 1.29 is 29.9 Å². The van der Waals surface area contributed by atoms with Gasteiger partial charge in [-0.2, -0.15) is 0 Å². The Morgan fingerprint density at radius 2 is 1.80 bits per heavy atom. The summed E-state index contributed by atoms with van der Waals surface area (Å²) in [7, 11) is 0. The lowest BCUT2D eigenvalue weighted by atomic mass is 9.99. The van der Waals surface area contributed by atoms with Crippen molar-refractivity contribution in [2.24, 2.45) is 0 Å². The number of ether oxygens (including phenoxy) is 2. The number of hydrogen-bond donors (Lipinski definition) is 4. The molecule has 0 amide bonds. The second-order valence-electron chi connectivity index (χ2n) is 5.01. The molecule has 0 bridgehead atoms. The van der Waals surface area contributed by atoms with Gasteiger partial charge in [-0.3, -0.25) is 0 Å². The highest BCUT2D eigenvalue weighted by Crippen LogP contribution is 2.27. The predicted octanol–water partition coefficient (Wildman–Crippen LogP) is -0.518. The van der Waals surface area contributed by atoms with E-state index < -0.39 is 37.3 Å². The van der Waals surface area contributed by atoms with Gasteiger partial charge in [-0.1, -0.05) is 12.1 Å². The fourth-order valence-corrected chi connectivity index (χ4v) is 2.14. The zero-order chi connectivity index (χ0) is 14.9. The normalized spacial score (nSPS) is 34.0. The molecule has 6 nitrogen and oxygen atoms in total. The summed E-state index contributed by atoms with van der Waals surface area (Å²) in [6.45, 7) is 3.32. The first-order chi connectivity index (χ1) is 9.45. The van der Waals surface area contributed by atoms with Crippen molar-refractivity contribution in [3.63, 3.8) is 0 Å². The van der Waals surface area contributed by atoms with Crippen LogP contribution in [-0.4, -0.2) is 57.7 Å². The average Bonchev–Trinajstić information content (AvgIpc) is 2.44. The molecule has 1 heterocycles. The topological polar surface area (TPSA) is 99.4 Å². The predicted molar refractivity (Wildman–Crippen MR) is 70.3 cm³/mol. The van der Waals surface area contributed by atoms with Gasteiger partial charge in [0, 0.05) is 0 Å². The van der Waals surface area contributed by atoms with E-state index in [4.69, 9.17) is 14.6 Å². The van der Waals surface area contributed by atoms with Crippen LogP contribution in [0.25, 0.3) is 0 Å². The molecular weight excluding hydrogens is 264 g/mol. The first-order valence-electron chi connectivity index (χ1n) is 6.49. The molecule has 4 N–H and O–H groups in total. The van der Waals surface area contributed by atoms with Gasteiger partial charge < -0.3 is 29.9 Å². The van der Waals surface area contributed by atoms with E-state index in [-0.39, 0.29) is 0 Å². The van der Waals surface area contributed by atoms with E-state index >= 15 is 0 Å². The number of hydrogen-bond acceptors (Lipinski definition) is 6. The van der Waals surface area contributed by atoms with Gasteiger partial charge in [-0.25, -0.2) is 0 Å². The first-order valence-corrected chi connectivity index (χ1v) is 6.49. The molecule has 0 saturated carbocycles. The molecule has 20 heavy (non-hydrogen) atoms. The molecule has 1 fully saturated rings. The molecule has 1 aliphatic heterocycles. The smallest absolute Gasteiger partial charge is 0.229 e. The third kappa shape index (κ3) is 2.79. The largest absolute Gasteiger partial charge is 0.462 e. The maximum atomic E-state index is 9.90. The van der Waals surface area contributed by atoms with E-state index in [1.54, 1.807) is 6.07 Å². The number of rotatable bonds is 3. The molecule has 0 spiro atoms. The van der Waals surface area contributed by atoms with Crippen molar-refractivity contribution in [1.29, 1.82) is 0 Å². The molecule has 2 rings (SSSR count).